The van der Waals surface area contributed by atoms with Crippen molar-refractivity contribution in [1.29, 1.82) is 0 Å². The molecule has 0 saturated carbocycles. The van der Waals surface area contributed by atoms with Crippen molar-refractivity contribution in [2.45, 2.75) is 0 Å². The highest BCUT2D eigenvalue weighted by molar-refractivity contribution is 9.11. The molecule has 0 fully saturated rings. The van der Waals surface area contributed by atoms with Crippen LogP contribution in [-0.2, 0) is 4.79 Å². The number of carboxylic acids is 1. The van der Waals surface area contributed by atoms with Gasteiger partial charge in [-0.05, 0) is 41.5 Å². The number of carbonyl (C=O) groups is 2. The third-order valence-corrected chi connectivity index (χ3v) is 3.94. The molecule has 0 unspecified atom stereocenters. The van der Waals surface area contributed by atoms with E-state index >= 15 is 0 Å². The van der Waals surface area contributed by atoms with Gasteiger partial charge in [0, 0.05) is 8.95 Å². The molecule has 0 radical (unpaired) electrons. The Morgan fingerprint density at radius 1 is 1.05 bits per heavy atom. The summed E-state index contributed by atoms with van der Waals surface area (Å²) in [6, 6.07) is 9.90. The first-order valence-corrected chi connectivity index (χ1v) is 7.04. The number of ether oxygens (including phenoxy) is 1. The highest BCUT2D eigenvalue weighted by Gasteiger charge is 2.11. The summed E-state index contributed by atoms with van der Waals surface area (Å²) in [6.45, 7) is 0.360. The maximum absolute atomic E-state index is 10.9. The normalized spacial score (nSPS) is 10.1. The topological polar surface area (TPSA) is 63.6 Å². The second kappa shape index (κ2) is 6.19. The van der Waals surface area contributed by atoms with Crippen molar-refractivity contribution in [2.24, 2.45) is 0 Å². The zero-order valence-corrected chi connectivity index (χ0v) is 13.1. The molecule has 0 aromatic heterocycles. The summed E-state index contributed by atoms with van der Waals surface area (Å²) in [5, 5.41) is 8.94. The van der Waals surface area contributed by atoms with Crippen molar-refractivity contribution in [1.82, 2.24) is 0 Å². The zero-order chi connectivity index (χ0) is 14.7. The maximum atomic E-state index is 10.9. The van der Waals surface area contributed by atoms with Crippen molar-refractivity contribution in [3.63, 3.8) is 0 Å². The van der Waals surface area contributed by atoms with Gasteiger partial charge < -0.3 is 9.84 Å². The number of benzene rings is 2. The summed E-state index contributed by atoms with van der Waals surface area (Å²) >= 11 is 6.77. The molecule has 0 saturated heterocycles. The summed E-state index contributed by atoms with van der Waals surface area (Å²) < 4.78 is 6.16. The minimum absolute atomic E-state index is 0.206. The smallest absolute Gasteiger partial charge is 0.335 e. The lowest BCUT2D eigenvalue weighted by atomic mass is 10.0. The third kappa shape index (κ3) is 3.08. The summed E-state index contributed by atoms with van der Waals surface area (Å²) in [5.41, 5.74) is 1.89. The van der Waals surface area contributed by atoms with E-state index in [0.29, 0.717) is 16.7 Å². The van der Waals surface area contributed by atoms with Gasteiger partial charge in [-0.15, -0.1) is 0 Å². The molecule has 0 atom stereocenters. The van der Waals surface area contributed by atoms with E-state index in [1.165, 1.54) is 6.07 Å². The lowest BCUT2D eigenvalue weighted by Gasteiger charge is -2.09. The fraction of sp³-hybridized carbons (Fsp3) is 0. The van der Waals surface area contributed by atoms with Crippen LogP contribution in [0.3, 0.4) is 0 Å². The molecule has 0 aliphatic rings. The summed E-state index contributed by atoms with van der Waals surface area (Å²) in [6.07, 6.45) is 0. The Morgan fingerprint density at radius 3 is 2.15 bits per heavy atom. The molecule has 1 N–H and O–H groups in total. The van der Waals surface area contributed by atoms with E-state index in [9.17, 15) is 9.59 Å². The summed E-state index contributed by atoms with van der Waals surface area (Å²) in [7, 11) is 0. The SMILES string of the molecule is O=COc1ccc(-c2ccc(C(=O)O)cc2Br)c(Br)c1. The van der Waals surface area contributed by atoms with E-state index in [2.05, 4.69) is 31.9 Å². The molecule has 0 spiro atoms. The Kier molecular flexibility index (Phi) is 4.57. The quantitative estimate of drug-likeness (QED) is 0.785. The Balaban J connectivity index is 2.46. The predicted octanol–water partition coefficient (Wildman–Crippen LogP) is 4.11. The molecular formula is C14H8Br2O4. The molecule has 0 amide bonds. The second-order valence-corrected chi connectivity index (χ2v) is 5.56. The molecule has 20 heavy (non-hydrogen) atoms. The average Bonchev–Trinajstić information content (AvgIpc) is 2.40. The molecule has 6 heteroatoms. The van der Waals surface area contributed by atoms with Gasteiger partial charge in [0.25, 0.3) is 6.47 Å². The van der Waals surface area contributed by atoms with Crippen molar-refractivity contribution in [3.8, 4) is 16.9 Å². The molecule has 2 rings (SSSR count). The molecule has 102 valence electrons. The molecule has 2 aromatic rings. The lowest BCUT2D eigenvalue weighted by Crippen LogP contribution is -1.96. The van der Waals surface area contributed by atoms with Crippen LogP contribution in [-0.4, -0.2) is 17.5 Å². The van der Waals surface area contributed by atoms with Crippen molar-refractivity contribution < 1.29 is 19.4 Å². The average molecular weight is 400 g/mol. The van der Waals surface area contributed by atoms with Gasteiger partial charge in [0.1, 0.15) is 5.75 Å². The van der Waals surface area contributed by atoms with Crippen LogP contribution in [0.15, 0.2) is 45.3 Å². The molecule has 0 aliphatic heterocycles. The van der Waals surface area contributed by atoms with Crippen LogP contribution < -0.4 is 4.74 Å². The zero-order valence-electron chi connectivity index (χ0n) is 9.97. The van der Waals surface area contributed by atoms with E-state index in [4.69, 9.17) is 9.84 Å². The first-order chi connectivity index (χ1) is 9.52. The minimum atomic E-state index is -0.981. The van der Waals surface area contributed by atoms with E-state index in [1.807, 2.05) is 0 Å². The van der Waals surface area contributed by atoms with E-state index in [-0.39, 0.29) is 5.56 Å². The number of halogens is 2. The lowest BCUT2D eigenvalue weighted by molar-refractivity contribution is -0.120. The Hall–Kier alpha value is -1.66. The third-order valence-electron chi connectivity index (χ3n) is 2.63. The van der Waals surface area contributed by atoms with Gasteiger partial charge in [-0.1, -0.05) is 37.9 Å². The standard InChI is InChI=1S/C14H8Br2O4/c15-12-5-8(14(18)19)1-3-10(12)11-4-2-9(20-7-17)6-13(11)16/h1-7H,(H,18,19). The number of carbonyl (C=O) groups excluding carboxylic acids is 1. The van der Waals surface area contributed by atoms with Crippen LogP contribution in [0.5, 0.6) is 5.75 Å². The van der Waals surface area contributed by atoms with Crippen LogP contribution in [0.2, 0.25) is 0 Å². The maximum Gasteiger partial charge on any atom is 0.335 e. The highest BCUT2D eigenvalue weighted by atomic mass is 79.9. The Morgan fingerprint density at radius 2 is 1.65 bits per heavy atom. The van der Waals surface area contributed by atoms with Gasteiger partial charge in [0.15, 0.2) is 0 Å². The molecule has 0 bridgehead atoms. The fourth-order valence-corrected chi connectivity index (χ4v) is 2.87. The fourth-order valence-electron chi connectivity index (χ4n) is 1.71. The largest absolute Gasteiger partial charge is 0.478 e. The van der Waals surface area contributed by atoms with E-state index < -0.39 is 5.97 Å². The number of rotatable bonds is 4. The van der Waals surface area contributed by atoms with Gasteiger partial charge >= 0.3 is 5.97 Å². The van der Waals surface area contributed by atoms with Crippen molar-refractivity contribution in [2.75, 3.05) is 0 Å². The summed E-state index contributed by atoms with van der Waals surface area (Å²) in [4.78, 5) is 21.2. The second-order valence-electron chi connectivity index (χ2n) is 3.86. The monoisotopic (exact) mass is 398 g/mol. The van der Waals surface area contributed by atoms with Gasteiger partial charge in [-0.2, -0.15) is 0 Å². The Labute approximate surface area is 131 Å². The number of hydrogen-bond acceptors (Lipinski definition) is 3. The molecule has 4 nitrogen and oxygen atoms in total. The molecule has 0 heterocycles. The number of hydrogen-bond donors (Lipinski definition) is 1. The van der Waals surface area contributed by atoms with Gasteiger partial charge in [-0.25, -0.2) is 4.79 Å². The number of carboxylic acid groups (broad SMARTS) is 1. The first-order valence-electron chi connectivity index (χ1n) is 5.46. The van der Waals surface area contributed by atoms with Crippen LogP contribution >= 0.6 is 31.9 Å². The predicted molar refractivity (Wildman–Crippen MR) is 80.9 cm³/mol. The van der Waals surface area contributed by atoms with E-state index in [0.717, 1.165) is 15.6 Å². The van der Waals surface area contributed by atoms with Gasteiger partial charge in [0.05, 0.1) is 5.56 Å². The molecule has 0 aliphatic carbocycles. The van der Waals surface area contributed by atoms with Crippen LogP contribution in [0.4, 0.5) is 0 Å². The van der Waals surface area contributed by atoms with Crippen LogP contribution in [0.1, 0.15) is 10.4 Å². The van der Waals surface area contributed by atoms with Crippen LogP contribution in [0, 0.1) is 0 Å². The minimum Gasteiger partial charge on any atom is -0.478 e. The van der Waals surface area contributed by atoms with Crippen molar-refractivity contribution in [3.05, 3.63) is 50.9 Å². The van der Waals surface area contributed by atoms with E-state index in [1.54, 1.807) is 30.3 Å². The van der Waals surface area contributed by atoms with Crippen LogP contribution in [0.25, 0.3) is 11.1 Å². The van der Waals surface area contributed by atoms with Gasteiger partial charge in [-0.3, -0.25) is 4.79 Å². The number of aromatic carboxylic acids is 1. The highest BCUT2D eigenvalue weighted by Crippen LogP contribution is 2.36. The Bertz CT molecular complexity index is 683. The van der Waals surface area contributed by atoms with Gasteiger partial charge in [0.2, 0.25) is 0 Å². The first kappa shape index (κ1) is 14.7. The van der Waals surface area contributed by atoms with Crippen molar-refractivity contribution >= 4 is 44.3 Å². The molecule has 2 aromatic carbocycles. The summed E-state index contributed by atoms with van der Waals surface area (Å²) in [5.74, 6) is -0.556. The molecular weight excluding hydrogens is 392 g/mol.